The SMILES string of the molecule is COc1ccc(-c2cc(Cl)nn2C)cc1. The molecule has 78 valence electrons. The van der Waals surface area contributed by atoms with Crippen LogP contribution in [-0.2, 0) is 7.05 Å². The summed E-state index contributed by atoms with van der Waals surface area (Å²) in [5, 5.41) is 4.58. The van der Waals surface area contributed by atoms with E-state index < -0.39 is 0 Å². The minimum absolute atomic E-state index is 0.503. The van der Waals surface area contributed by atoms with Crippen LogP contribution in [0.4, 0.5) is 0 Å². The van der Waals surface area contributed by atoms with Gasteiger partial charge in [0.1, 0.15) is 5.75 Å². The summed E-state index contributed by atoms with van der Waals surface area (Å²) in [5.74, 6) is 0.840. The zero-order valence-electron chi connectivity index (χ0n) is 8.57. The first kappa shape index (κ1) is 10.1. The summed E-state index contributed by atoms with van der Waals surface area (Å²) in [6, 6.07) is 9.62. The summed E-state index contributed by atoms with van der Waals surface area (Å²) in [6.45, 7) is 0. The maximum atomic E-state index is 5.82. The third-order valence-electron chi connectivity index (χ3n) is 2.24. The van der Waals surface area contributed by atoms with Crippen LogP contribution in [0.2, 0.25) is 5.15 Å². The van der Waals surface area contributed by atoms with E-state index in [-0.39, 0.29) is 0 Å². The molecule has 0 aliphatic rings. The molecular weight excluding hydrogens is 212 g/mol. The monoisotopic (exact) mass is 222 g/mol. The zero-order valence-corrected chi connectivity index (χ0v) is 9.32. The fourth-order valence-corrected chi connectivity index (χ4v) is 1.68. The van der Waals surface area contributed by atoms with E-state index >= 15 is 0 Å². The van der Waals surface area contributed by atoms with Crippen molar-refractivity contribution in [1.29, 1.82) is 0 Å². The van der Waals surface area contributed by atoms with Gasteiger partial charge >= 0.3 is 0 Å². The number of aromatic nitrogens is 2. The average molecular weight is 223 g/mol. The van der Waals surface area contributed by atoms with Gasteiger partial charge in [0.2, 0.25) is 0 Å². The number of halogens is 1. The second-order valence-corrected chi connectivity index (χ2v) is 3.59. The Morgan fingerprint density at radius 3 is 2.40 bits per heavy atom. The van der Waals surface area contributed by atoms with Gasteiger partial charge in [0, 0.05) is 18.7 Å². The van der Waals surface area contributed by atoms with Crippen LogP contribution in [0.3, 0.4) is 0 Å². The Morgan fingerprint density at radius 1 is 1.27 bits per heavy atom. The van der Waals surface area contributed by atoms with Gasteiger partial charge < -0.3 is 4.74 Å². The summed E-state index contributed by atoms with van der Waals surface area (Å²) in [5.41, 5.74) is 2.06. The van der Waals surface area contributed by atoms with Gasteiger partial charge in [-0.25, -0.2) is 0 Å². The van der Waals surface area contributed by atoms with E-state index in [9.17, 15) is 0 Å². The van der Waals surface area contributed by atoms with Crippen LogP contribution in [0, 0.1) is 0 Å². The van der Waals surface area contributed by atoms with E-state index in [2.05, 4.69) is 5.10 Å². The number of hydrogen-bond acceptors (Lipinski definition) is 2. The Bertz CT molecular complexity index is 462. The molecule has 2 rings (SSSR count). The van der Waals surface area contributed by atoms with Crippen molar-refractivity contribution < 1.29 is 4.74 Å². The van der Waals surface area contributed by atoms with Crippen molar-refractivity contribution in [3.8, 4) is 17.0 Å². The molecule has 15 heavy (non-hydrogen) atoms. The van der Waals surface area contributed by atoms with E-state index in [0.717, 1.165) is 17.0 Å². The molecule has 1 aromatic heterocycles. The number of benzene rings is 1. The fourth-order valence-electron chi connectivity index (χ4n) is 1.46. The lowest BCUT2D eigenvalue weighted by Gasteiger charge is -2.03. The summed E-state index contributed by atoms with van der Waals surface area (Å²) < 4.78 is 6.85. The number of rotatable bonds is 2. The Kier molecular flexibility index (Phi) is 2.64. The minimum Gasteiger partial charge on any atom is -0.497 e. The molecule has 0 atom stereocenters. The highest BCUT2D eigenvalue weighted by Crippen LogP contribution is 2.23. The second-order valence-electron chi connectivity index (χ2n) is 3.20. The third-order valence-corrected chi connectivity index (χ3v) is 2.42. The molecule has 0 amide bonds. The van der Waals surface area contributed by atoms with Crippen LogP contribution in [0.15, 0.2) is 30.3 Å². The van der Waals surface area contributed by atoms with Gasteiger partial charge in [0.15, 0.2) is 5.15 Å². The third kappa shape index (κ3) is 1.97. The summed E-state index contributed by atoms with van der Waals surface area (Å²) in [6.07, 6.45) is 0. The molecule has 0 aliphatic carbocycles. The van der Waals surface area contributed by atoms with Crippen LogP contribution in [0.5, 0.6) is 5.75 Å². The van der Waals surface area contributed by atoms with Crippen molar-refractivity contribution in [3.05, 3.63) is 35.5 Å². The van der Waals surface area contributed by atoms with Crippen molar-refractivity contribution in [2.75, 3.05) is 7.11 Å². The minimum atomic E-state index is 0.503. The molecule has 4 heteroatoms. The van der Waals surface area contributed by atoms with E-state index in [1.165, 1.54) is 0 Å². The number of nitrogens with zero attached hydrogens (tertiary/aromatic N) is 2. The highest BCUT2D eigenvalue weighted by atomic mass is 35.5. The van der Waals surface area contributed by atoms with Crippen LogP contribution in [0.25, 0.3) is 11.3 Å². The summed E-state index contributed by atoms with van der Waals surface area (Å²) >= 11 is 5.82. The zero-order chi connectivity index (χ0) is 10.8. The lowest BCUT2D eigenvalue weighted by atomic mass is 10.1. The molecule has 0 radical (unpaired) electrons. The molecule has 1 heterocycles. The quantitative estimate of drug-likeness (QED) is 0.781. The molecule has 0 spiro atoms. The Labute approximate surface area is 93.2 Å². The predicted molar refractivity (Wildman–Crippen MR) is 60.2 cm³/mol. The average Bonchev–Trinajstić information content (AvgIpc) is 2.58. The van der Waals surface area contributed by atoms with Crippen molar-refractivity contribution in [2.24, 2.45) is 7.05 Å². The van der Waals surface area contributed by atoms with Crippen LogP contribution in [-0.4, -0.2) is 16.9 Å². The smallest absolute Gasteiger partial charge is 0.151 e. The molecule has 0 aliphatic heterocycles. The molecule has 0 bridgehead atoms. The van der Waals surface area contributed by atoms with Gasteiger partial charge in [-0.2, -0.15) is 5.10 Å². The van der Waals surface area contributed by atoms with Gasteiger partial charge in [-0.05, 0) is 24.3 Å². The summed E-state index contributed by atoms with van der Waals surface area (Å²) in [7, 11) is 3.52. The first-order chi connectivity index (χ1) is 7.20. The van der Waals surface area contributed by atoms with Gasteiger partial charge in [0.25, 0.3) is 0 Å². The topological polar surface area (TPSA) is 27.1 Å². The number of aryl methyl sites for hydroxylation is 1. The maximum absolute atomic E-state index is 5.82. The van der Waals surface area contributed by atoms with Gasteiger partial charge in [-0.3, -0.25) is 4.68 Å². The predicted octanol–water partition coefficient (Wildman–Crippen LogP) is 2.75. The largest absolute Gasteiger partial charge is 0.497 e. The molecule has 1 aromatic carbocycles. The Balaban J connectivity index is 2.41. The number of methoxy groups -OCH3 is 1. The highest BCUT2D eigenvalue weighted by molar-refractivity contribution is 6.29. The van der Waals surface area contributed by atoms with Crippen molar-refractivity contribution in [3.63, 3.8) is 0 Å². The number of ether oxygens (including phenoxy) is 1. The Morgan fingerprint density at radius 2 is 1.93 bits per heavy atom. The highest BCUT2D eigenvalue weighted by Gasteiger charge is 2.05. The maximum Gasteiger partial charge on any atom is 0.151 e. The lowest BCUT2D eigenvalue weighted by Crippen LogP contribution is -1.93. The van der Waals surface area contributed by atoms with Crippen LogP contribution >= 0.6 is 11.6 Å². The Hall–Kier alpha value is -1.48. The van der Waals surface area contributed by atoms with E-state index in [4.69, 9.17) is 16.3 Å². The van der Waals surface area contributed by atoms with Gasteiger partial charge in [-0.1, -0.05) is 11.6 Å². The molecule has 0 fully saturated rings. The van der Waals surface area contributed by atoms with Crippen molar-refractivity contribution in [2.45, 2.75) is 0 Å². The van der Waals surface area contributed by atoms with Crippen LogP contribution < -0.4 is 4.74 Å². The molecule has 0 N–H and O–H groups in total. The van der Waals surface area contributed by atoms with Crippen molar-refractivity contribution >= 4 is 11.6 Å². The summed E-state index contributed by atoms with van der Waals surface area (Å²) in [4.78, 5) is 0. The normalized spacial score (nSPS) is 10.3. The molecule has 0 saturated heterocycles. The van der Waals surface area contributed by atoms with Crippen LogP contribution in [0.1, 0.15) is 0 Å². The standard InChI is InChI=1S/C11H11ClN2O/c1-14-10(7-11(12)13-14)8-3-5-9(15-2)6-4-8/h3-7H,1-2H3. The van der Waals surface area contributed by atoms with Crippen molar-refractivity contribution in [1.82, 2.24) is 9.78 Å². The first-order valence-corrected chi connectivity index (χ1v) is 4.92. The van der Waals surface area contributed by atoms with E-state index in [1.807, 2.05) is 37.4 Å². The fraction of sp³-hybridized carbons (Fsp3) is 0.182. The van der Waals surface area contributed by atoms with E-state index in [0.29, 0.717) is 5.15 Å². The van der Waals surface area contributed by atoms with E-state index in [1.54, 1.807) is 11.8 Å². The lowest BCUT2D eigenvalue weighted by molar-refractivity contribution is 0.415. The van der Waals surface area contributed by atoms with Gasteiger partial charge in [-0.15, -0.1) is 0 Å². The number of hydrogen-bond donors (Lipinski definition) is 0. The molecular formula is C11H11ClN2O. The molecule has 3 nitrogen and oxygen atoms in total. The molecule has 0 saturated carbocycles. The first-order valence-electron chi connectivity index (χ1n) is 4.54. The molecule has 0 unspecified atom stereocenters. The van der Waals surface area contributed by atoms with Gasteiger partial charge in [0.05, 0.1) is 12.8 Å². The molecule has 2 aromatic rings. The second kappa shape index (κ2) is 3.95.